The van der Waals surface area contributed by atoms with Gasteiger partial charge in [-0.3, -0.25) is 14.9 Å². The zero-order valence-corrected chi connectivity index (χ0v) is 10.5. The average molecular weight is 249 g/mol. The van der Waals surface area contributed by atoms with Crippen LogP contribution in [-0.2, 0) is 9.59 Å². The van der Waals surface area contributed by atoms with Gasteiger partial charge in [0, 0.05) is 6.07 Å². The number of imide groups is 1. The Kier molecular flexibility index (Phi) is 2.68. The summed E-state index contributed by atoms with van der Waals surface area (Å²) >= 11 is 0. The van der Waals surface area contributed by atoms with Gasteiger partial charge in [0.25, 0.3) is 5.91 Å². The largest absolute Gasteiger partial charge is 0.384 e. The van der Waals surface area contributed by atoms with E-state index in [-0.39, 0.29) is 18.4 Å². The molecule has 1 aliphatic heterocycles. The maximum atomic E-state index is 11.8. The molecule has 0 unspecified atom stereocenters. The number of nitrogens with two attached hydrogens (primary N) is 1. The zero-order valence-electron chi connectivity index (χ0n) is 10.5. The molecule has 96 valence electrons. The van der Waals surface area contributed by atoms with Crippen LogP contribution in [0.25, 0.3) is 0 Å². The highest BCUT2D eigenvalue weighted by Crippen LogP contribution is 2.25. The number of amides is 2. The van der Waals surface area contributed by atoms with Crippen molar-refractivity contribution in [3.05, 3.63) is 11.9 Å². The Labute approximate surface area is 104 Å². The lowest BCUT2D eigenvalue weighted by Crippen LogP contribution is -2.64. The van der Waals surface area contributed by atoms with E-state index in [1.807, 2.05) is 0 Å². The van der Waals surface area contributed by atoms with E-state index in [0.29, 0.717) is 17.5 Å². The van der Waals surface area contributed by atoms with E-state index in [1.165, 1.54) is 0 Å². The lowest BCUT2D eigenvalue weighted by molar-refractivity contribution is -0.135. The topological polar surface area (TPSA) is 101 Å². The molecule has 2 heterocycles. The summed E-state index contributed by atoms with van der Waals surface area (Å²) in [6, 6.07) is 1.56. The standard InChI is InChI=1S/C11H15N5O2/c1-6-13-7(12)4-8(14-6)16-5-9(17)15-10(18)11(16,2)3/h4H,5H2,1-3H3,(H2,12,13,14)(H,15,17,18). The summed E-state index contributed by atoms with van der Waals surface area (Å²) in [7, 11) is 0. The molecule has 0 atom stereocenters. The minimum atomic E-state index is -0.860. The number of aryl methyl sites for hydroxylation is 1. The van der Waals surface area contributed by atoms with Crippen LogP contribution in [0.15, 0.2) is 6.07 Å². The second kappa shape index (κ2) is 3.94. The molecule has 0 spiro atoms. The van der Waals surface area contributed by atoms with Gasteiger partial charge in [-0.05, 0) is 20.8 Å². The number of hydrogen-bond donors (Lipinski definition) is 2. The summed E-state index contributed by atoms with van der Waals surface area (Å²) in [6.45, 7) is 5.22. The number of nitrogens with one attached hydrogen (secondary N) is 1. The highest BCUT2D eigenvalue weighted by molar-refractivity contribution is 6.06. The van der Waals surface area contributed by atoms with Crippen molar-refractivity contribution in [3.8, 4) is 0 Å². The quantitative estimate of drug-likeness (QED) is 0.657. The molecule has 2 amide bonds. The van der Waals surface area contributed by atoms with Crippen LogP contribution in [0.5, 0.6) is 0 Å². The van der Waals surface area contributed by atoms with Crippen LogP contribution < -0.4 is 16.0 Å². The third-order valence-corrected chi connectivity index (χ3v) is 2.91. The molecule has 0 aliphatic carbocycles. The number of nitrogen functional groups attached to an aromatic ring is 1. The molecule has 1 aromatic heterocycles. The molecular formula is C11H15N5O2. The van der Waals surface area contributed by atoms with Crippen LogP contribution in [0.2, 0.25) is 0 Å². The first kappa shape index (κ1) is 12.3. The highest BCUT2D eigenvalue weighted by atomic mass is 16.2. The van der Waals surface area contributed by atoms with E-state index in [1.54, 1.807) is 31.7 Å². The van der Waals surface area contributed by atoms with Gasteiger partial charge in [-0.15, -0.1) is 0 Å². The molecular weight excluding hydrogens is 234 g/mol. The second-order valence-corrected chi connectivity index (χ2v) is 4.72. The van der Waals surface area contributed by atoms with Gasteiger partial charge in [-0.2, -0.15) is 0 Å². The van der Waals surface area contributed by atoms with Crippen LogP contribution in [0.3, 0.4) is 0 Å². The van der Waals surface area contributed by atoms with Crippen molar-refractivity contribution >= 4 is 23.5 Å². The van der Waals surface area contributed by atoms with Crippen LogP contribution in [-0.4, -0.2) is 33.9 Å². The van der Waals surface area contributed by atoms with Crippen molar-refractivity contribution in [1.82, 2.24) is 15.3 Å². The van der Waals surface area contributed by atoms with Gasteiger partial charge >= 0.3 is 0 Å². The Morgan fingerprint density at radius 2 is 2.06 bits per heavy atom. The molecule has 0 aromatic carbocycles. The minimum absolute atomic E-state index is 0.0641. The van der Waals surface area contributed by atoms with Crippen molar-refractivity contribution in [2.75, 3.05) is 17.2 Å². The number of aromatic nitrogens is 2. The molecule has 1 aromatic rings. The summed E-state index contributed by atoms with van der Waals surface area (Å²) in [6.07, 6.45) is 0. The Hall–Kier alpha value is -2.18. The summed E-state index contributed by atoms with van der Waals surface area (Å²) in [4.78, 5) is 33.1. The third-order valence-electron chi connectivity index (χ3n) is 2.91. The molecule has 0 bridgehead atoms. The molecule has 1 fully saturated rings. The second-order valence-electron chi connectivity index (χ2n) is 4.72. The molecule has 3 N–H and O–H groups in total. The molecule has 7 heteroatoms. The Morgan fingerprint density at radius 1 is 1.39 bits per heavy atom. The summed E-state index contributed by atoms with van der Waals surface area (Å²) in [5, 5.41) is 2.30. The third kappa shape index (κ3) is 1.99. The van der Waals surface area contributed by atoms with Crippen molar-refractivity contribution < 1.29 is 9.59 Å². The zero-order chi connectivity index (χ0) is 13.5. The first-order valence-electron chi connectivity index (χ1n) is 5.54. The number of nitrogens with zero attached hydrogens (tertiary/aromatic N) is 3. The fourth-order valence-electron chi connectivity index (χ4n) is 1.86. The SMILES string of the molecule is Cc1nc(N)cc(N2CC(=O)NC(=O)C2(C)C)n1. The number of carbonyl (C=O) groups is 2. The van der Waals surface area contributed by atoms with Gasteiger partial charge in [0.05, 0.1) is 6.54 Å². The highest BCUT2D eigenvalue weighted by Gasteiger charge is 2.41. The summed E-state index contributed by atoms with van der Waals surface area (Å²) in [5.74, 6) is 0.585. The van der Waals surface area contributed by atoms with Crippen LogP contribution >= 0.6 is 0 Å². The first-order chi connectivity index (χ1) is 8.30. The summed E-state index contributed by atoms with van der Waals surface area (Å²) < 4.78 is 0. The molecule has 0 radical (unpaired) electrons. The van der Waals surface area contributed by atoms with Crippen molar-refractivity contribution in [2.45, 2.75) is 26.3 Å². The van der Waals surface area contributed by atoms with Crippen LogP contribution in [0, 0.1) is 6.92 Å². The minimum Gasteiger partial charge on any atom is -0.384 e. The van der Waals surface area contributed by atoms with Crippen LogP contribution in [0.1, 0.15) is 19.7 Å². The lowest BCUT2D eigenvalue weighted by atomic mass is 9.99. The van der Waals surface area contributed by atoms with Crippen molar-refractivity contribution in [3.63, 3.8) is 0 Å². The Balaban J connectivity index is 2.46. The number of piperazine rings is 1. The fourth-order valence-corrected chi connectivity index (χ4v) is 1.86. The monoisotopic (exact) mass is 249 g/mol. The Bertz CT molecular complexity index is 506. The van der Waals surface area contributed by atoms with Crippen molar-refractivity contribution in [1.29, 1.82) is 0 Å². The van der Waals surface area contributed by atoms with Crippen molar-refractivity contribution in [2.24, 2.45) is 0 Å². The lowest BCUT2D eigenvalue weighted by Gasteiger charge is -2.40. The maximum Gasteiger partial charge on any atom is 0.251 e. The predicted molar refractivity (Wildman–Crippen MR) is 65.8 cm³/mol. The van der Waals surface area contributed by atoms with E-state index in [2.05, 4.69) is 15.3 Å². The fraction of sp³-hybridized carbons (Fsp3) is 0.455. The number of hydrogen-bond acceptors (Lipinski definition) is 6. The van der Waals surface area contributed by atoms with Gasteiger partial charge in [0.15, 0.2) is 0 Å². The van der Waals surface area contributed by atoms with Crippen LogP contribution in [0.4, 0.5) is 11.6 Å². The van der Waals surface area contributed by atoms with Gasteiger partial charge in [0.2, 0.25) is 5.91 Å². The predicted octanol–water partition coefficient (Wildman–Crippen LogP) is -0.391. The van der Waals surface area contributed by atoms with Gasteiger partial charge in [-0.1, -0.05) is 0 Å². The molecule has 2 rings (SSSR count). The Morgan fingerprint density at radius 3 is 2.67 bits per heavy atom. The number of rotatable bonds is 1. The molecule has 18 heavy (non-hydrogen) atoms. The average Bonchev–Trinajstić information content (AvgIpc) is 2.22. The number of carbonyl (C=O) groups excluding carboxylic acids is 2. The molecule has 7 nitrogen and oxygen atoms in total. The summed E-state index contributed by atoms with van der Waals surface area (Å²) in [5.41, 5.74) is 4.80. The van der Waals surface area contributed by atoms with Gasteiger partial charge in [-0.25, -0.2) is 9.97 Å². The van der Waals surface area contributed by atoms with E-state index in [4.69, 9.17) is 5.73 Å². The van der Waals surface area contributed by atoms with Gasteiger partial charge < -0.3 is 10.6 Å². The number of anilines is 2. The maximum absolute atomic E-state index is 11.8. The molecule has 1 aliphatic rings. The van der Waals surface area contributed by atoms with E-state index in [0.717, 1.165) is 0 Å². The van der Waals surface area contributed by atoms with E-state index in [9.17, 15) is 9.59 Å². The van der Waals surface area contributed by atoms with E-state index < -0.39 is 5.54 Å². The van der Waals surface area contributed by atoms with Gasteiger partial charge in [0.1, 0.15) is 23.0 Å². The van der Waals surface area contributed by atoms with E-state index >= 15 is 0 Å². The first-order valence-corrected chi connectivity index (χ1v) is 5.54. The molecule has 1 saturated heterocycles. The smallest absolute Gasteiger partial charge is 0.251 e. The molecule has 0 saturated carbocycles. The normalized spacial score (nSPS) is 18.7.